The van der Waals surface area contributed by atoms with Crippen LogP contribution in [-0.4, -0.2) is 21.7 Å². The minimum absolute atomic E-state index is 0.286. The van der Waals surface area contributed by atoms with E-state index in [9.17, 15) is 14.3 Å². The third-order valence-electron chi connectivity index (χ3n) is 1.43. The second kappa shape index (κ2) is 3.84. The fourth-order valence-electron chi connectivity index (χ4n) is 0.912. The van der Waals surface area contributed by atoms with Crippen molar-refractivity contribution >= 4 is 5.97 Å². The maximum atomic E-state index is 12.6. The fraction of sp³-hybridized carbons (Fsp3) is 0.400. The predicted octanol–water partition coefficient (Wildman–Crippen LogP) is 1.88. The number of carbonyl (C=O) groups is 1. The normalized spacial score (nSPS) is 11.2. The average Bonchev–Trinajstić information content (AvgIpc) is 1.99. The van der Waals surface area contributed by atoms with Gasteiger partial charge in [-0.25, -0.2) is 14.2 Å². The Labute approximate surface area is 86.7 Å². The fourth-order valence-corrected chi connectivity index (χ4v) is 0.912. The molecule has 1 rings (SSSR count). The van der Waals surface area contributed by atoms with E-state index in [2.05, 4.69) is 4.98 Å². The zero-order chi connectivity index (χ0) is 11.6. The van der Waals surface area contributed by atoms with Gasteiger partial charge in [-0.15, -0.1) is 0 Å². The van der Waals surface area contributed by atoms with Gasteiger partial charge in [-0.2, -0.15) is 0 Å². The Hall–Kier alpha value is -1.65. The van der Waals surface area contributed by atoms with E-state index < -0.39 is 23.1 Å². The van der Waals surface area contributed by atoms with E-state index in [-0.39, 0.29) is 5.69 Å². The van der Waals surface area contributed by atoms with E-state index in [1.54, 1.807) is 20.8 Å². The number of aromatic hydroxyl groups is 1. The molecule has 0 unspecified atom stereocenters. The van der Waals surface area contributed by atoms with Crippen molar-refractivity contribution in [2.24, 2.45) is 0 Å². The van der Waals surface area contributed by atoms with Gasteiger partial charge in [-0.05, 0) is 20.8 Å². The summed E-state index contributed by atoms with van der Waals surface area (Å²) in [6, 6.07) is 0.812. The van der Waals surface area contributed by atoms with Crippen LogP contribution in [0.5, 0.6) is 5.75 Å². The SMILES string of the molecule is CC(C)(C)OC(=O)c1ncc(F)cc1O. The van der Waals surface area contributed by atoms with Crippen LogP contribution in [0, 0.1) is 5.82 Å². The lowest BCUT2D eigenvalue weighted by molar-refractivity contribution is 0.00597. The molecule has 0 aliphatic rings. The number of pyridine rings is 1. The van der Waals surface area contributed by atoms with Crippen LogP contribution in [0.4, 0.5) is 4.39 Å². The van der Waals surface area contributed by atoms with E-state index in [0.29, 0.717) is 0 Å². The summed E-state index contributed by atoms with van der Waals surface area (Å²) in [5, 5.41) is 9.26. The van der Waals surface area contributed by atoms with Gasteiger partial charge >= 0.3 is 5.97 Å². The number of aromatic nitrogens is 1. The molecule has 0 amide bonds. The van der Waals surface area contributed by atoms with Crippen LogP contribution in [0.2, 0.25) is 0 Å². The molecule has 0 spiro atoms. The quantitative estimate of drug-likeness (QED) is 0.723. The number of ether oxygens (including phenoxy) is 1. The van der Waals surface area contributed by atoms with E-state index in [0.717, 1.165) is 12.3 Å². The summed E-state index contributed by atoms with van der Waals surface area (Å²) in [4.78, 5) is 14.9. The molecular formula is C10H12FNO3. The average molecular weight is 213 g/mol. The van der Waals surface area contributed by atoms with Crippen LogP contribution in [0.1, 0.15) is 31.3 Å². The zero-order valence-electron chi connectivity index (χ0n) is 8.74. The molecule has 5 heteroatoms. The monoisotopic (exact) mass is 213 g/mol. The van der Waals surface area contributed by atoms with Crippen LogP contribution < -0.4 is 0 Å². The van der Waals surface area contributed by atoms with Gasteiger partial charge in [0, 0.05) is 6.07 Å². The third kappa shape index (κ3) is 3.19. The number of carbonyl (C=O) groups excluding carboxylic acids is 1. The first-order valence-electron chi connectivity index (χ1n) is 4.37. The van der Waals surface area contributed by atoms with Crippen molar-refractivity contribution in [3.05, 3.63) is 23.8 Å². The molecule has 0 aromatic carbocycles. The first kappa shape index (κ1) is 11.4. The van der Waals surface area contributed by atoms with Gasteiger partial charge in [-0.1, -0.05) is 0 Å². The lowest BCUT2D eigenvalue weighted by Gasteiger charge is -2.19. The first-order valence-corrected chi connectivity index (χ1v) is 4.37. The molecule has 82 valence electrons. The van der Waals surface area contributed by atoms with Crippen molar-refractivity contribution in [1.29, 1.82) is 0 Å². The van der Waals surface area contributed by atoms with E-state index >= 15 is 0 Å². The van der Waals surface area contributed by atoms with Crippen molar-refractivity contribution in [3.63, 3.8) is 0 Å². The van der Waals surface area contributed by atoms with Gasteiger partial charge in [0.2, 0.25) is 0 Å². The topological polar surface area (TPSA) is 59.4 Å². The molecule has 0 atom stereocenters. The first-order chi connectivity index (χ1) is 6.79. The van der Waals surface area contributed by atoms with Gasteiger partial charge in [0.05, 0.1) is 6.20 Å². The van der Waals surface area contributed by atoms with E-state index in [1.807, 2.05) is 0 Å². The van der Waals surface area contributed by atoms with Crippen molar-refractivity contribution in [1.82, 2.24) is 4.98 Å². The molecule has 1 N–H and O–H groups in total. The van der Waals surface area contributed by atoms with Crippen LogP contribution in [0.25, 0.3) is 0 Å². The van der Waals surface area contributed by atoms with Crippen LogP contribution >= 0.6 is 0 Å². The van der Waals surface area contributed by atoms with Crippen molar-refractivity contribution < 1.29 is 19.0 Å². The van der Waals surface area contributed by atoms with Gasteiger partial charge in [0.15, 0.2) is 11.4 Å². The largest absolute Gasteiger partial charge is 0.505 e. The summed E-state index contributed by atoms with van der Waals surface area (Å²) in [6.07, 6.45) is 0.846. The minimum Gasteiger partial charge on any atom is -0.505 e. The Morgan fingerprint density at radius 1 is 1.53 bits per heavy atom. The van der Waals surface area contributed by atoms with Gasteiger partial charge in [0.25, 0.3) is 0 Å². The summed E-state index contributed by atoms with van der Waals surface area (Å²) in [7, 11) is 0. The van der Waals surface area contributed by atoms with E-state index in [4.69, 9.17) is 4.74 Å². The predicted molar refractivity (Wildman–Crippen MR) is 51.0 cm³/mol. The Balaban J connectivity index is 2.92. The smallest absolute Gasteiger partial charge is 0.361 e. The van der Waals surface area contributed by atoms with Crippen LogP contribution in [0.3, 0.4) is 0 Å². The second-order valence-electron chi connectivity index (χ2n) is 4.02. The molecule has 0 saturated carbocycles. The highest BCUT2D eigenvalue weighted by molar-refractivity contribution is 5.90. The van der Waals surface area contributed by atoms with Gasteiger partial charge < -0.3 is 9.84 Å². The lowest BCUT2D eigenvalue weighted by Crippen LogP contribution is -2.24. The molecule has 0 aliphatic carbocycles. The number of halogens is 1. The number of hydrogen-bond acceptors (Lipinski definition) is 4. The molecule has 15 heavy (non-hydrogen) atoms. The molecular weight excluding hydrogens is 201 g/mol. The number of esters is 1. The Morgan fingerprint density at radius 3 is 2.60 bits per heavy atom. The Kier molecular flexibility index (Phi) is 2.93. The van der Waals surface area contributed by atoms with Gasteiger partial charge in [-0.3, -0.25) is 0 Å². The standard InChI is InChI=1S/C10H12FNO3/c1-10(2,3)15-9(14)8-7(13)4-6(11)5-12-8/h4-5,13H,1-3H3. The van der Waals surface area contributed by atoms with Crippen molar-refractivity contribution in [2.75, 3.05) is 0 Å². The molecule has 0 saturated heterocycles. The minimum atomic E-state index is -0.778. The highest BCUT2D eigenvalue weighted by Gasteiger charge is 2.21. The third-order valence-corrected chi connectivity index (χ3v) is 1.43. The molecule has 0 aliphatic heterocycles. The lowest BCUT2D eigenvalue weighted by atomic mass is 10.2. The van der Waals surface area contributed by atoms with Gasteiger partial charge in [0.1, 0.15) is 11.4 Å². The summed E-state index contributed by atoms with van der Waals surface area (Å²) in [6.45, 7) is 5.06. The molecule has 0 bridgehead atoms. The zero-order valence-corrected chi connectivity index (χ0v) is 8.74. The number of nitrogens with zero attached hydrogens (tertiary/aromatic N) is 1. The van der Waals surface area contributed by atoms with Crippen LogP contribution in [-0.2, 0) is 4.74 Å². The molecule has 1 aromatic heterocycles. The molecule has 0 radical (unpaired) electrons. The maximum absolute atomic E-state index is 12.6. The molecule has 1 heterocycles. The molecule has 1 aromatic rings. The van der Waals surface area contributed by atoms with Crippen molar-refractivity contribution in [2.45, 2.75) is 26.4 Å². The Morgan fingerprint density at radius 2 is 2.13 bits per heavy atom. The Bertz CT molecular complexity index is 385. The molecule has 4 nitrogen and oxygen atoms in total. The highest BCUT2D eigenvalue weighted by atomic mass is 19.1. The summed E-state index contributed by atoms with van der Waals surface area (Å²) >= 11 is 0. The highest BCUT2D eigenvalue weighted by Crippen LogP contribution is 2.18. The molecule has 0 fully saturated rings. The summed E-state index contributed by atoms with van der Waals surface area (Å²) in [5.74, 6) is -2.01. The summed E-state index contributed by atoms with van der Waals surface area (Å²) in [5.41, 5.74) is -0.967. The van der Waals surface area contributed by atoms with E-state index in [1.165, 1.54) is 0 Å². The second-order valence-corrected chi connectivity index (χ2v) is 4.02. The summed E-state index contributed by atoms with van der Waals surface area (Å²) < 4.78 is 17.5. The van der Waals surface area contributed by atoms with Crippen molar-refractivity contribution in [3.8, 4) is 5.75 Å². The number of hydrogen-bond donors (Lipinski definition) is 1. The number of rotatable bonds is 1. The van der Waals surface area contributed by atoms with Crippen LogP contribution in [0.15, 0.2) is 12.3 Å². The maximum Gasteiger partial charge on any atom is 0.361 e.